The first kappa shape index (κ1) is 20.0. The molecule has 8 heteroatoms. The lowest BCUT2D eigenvalue weighted by Crippen LogP contribution is -2.38. The van der Waals surface area contributed by atoms with Crippen molar-refractivity contribution in [1.29, 1.82) is 0 Å². The van der Waals surface area contributed by atoms with Crippen LogP contribution in [0.1, 0.15) is 40.2 Å². The molecule has 156 valence electrons. The van der Waals surface area contributed by atoms with Gasteiger partial charge >= 0.3 is 0 Å². The number of hydrogen-bond acceptors (Lipinski definition) is 7. The van der Waals surface area contributed by atoms with Crippen LogP contribution in [0.2, 0.25) is 0 Å². The minimum atomic E-state index is -0.327. The number of hydrogen-bond donors (Lipinski definition) is 0. The predicted octanol–water partition coefficient (Wildman–Crippen LogP) is 2.87. The zero-order chi connectivity index (χ0) is 20.9. The number of carbonyl (C=O) groups excluding carboxylic acids is 1. The molecule has 2 aromatic heterocycles. The normalized spacial score (nSPS) is 17.5. The van der Waals surface area contributed by atoms with E-state index in [1.165, 1.54) is 0 Å². The Morgan fingerprint density at radius 3 is 2.70 bits per heavy atom. The van der Waals surface area contributed by atoms with E-state index < -0.39 is 0 Å². The Hall–Kier alpha value is -3.26. The third-order valence-corrected chi connectivity index (χ3v) is 5.17. The van der Waals surface area contributed by atoms with Gasteiger partial charge in [-0.25, -0.2) is 4.98 Å². The zero-order valence-corrected chi connectivity index (χ0v) is 17.2. The first-order chi connectivity index (χ1) is 14.6. The lowest BCUT2D eigenvalue weighted by Gasteiger charge is -2.29. The Bertz CT molecular complexity index is 991. The smallest absolute Gasteiger partial charge is 0.254 e. The van der Waals surface area contributed by atoms with Crippen LogP contribution in [0.5, 0.6) is 5.88 Å². The number of nitrogens with zero attached hydrogens (tertiary/aromatic N) is 5. The summed E-state index contributed by atoms with van der Waals surface area (Å²) < 4.78 is 10.7. The summed E-state index contributed by atoms with van der Waals surface area (Å²) in [7, 11) is 1.61. The quantitative estimate of drug-likeness (QED) is 0.643. The Balaban J connectivity index is 1.60. The van der Waals surface area contributed by atoms with E-state index in [1.54, 1.807) is 14.0 Å². The van der Waals surface area contributed by atoms with E-state index in [-0.39, 0.29) is 11.9 Å². The average molecular weight is 407 g/mol. The number of methoxy groups -OCH3 is 1. The Morgan fingerprint density at radius 2 is 1.97 bits per heavy atom. The molecule has 0 spiro atoms. The maximum absolute atomic E-state index is 13.3. The van der Waals surface area contributed by atoms with E-state index in [0.717, 1.165) is 18.7 Å². The molecule has 0 radical (unpaired) electrons. The molecule has 1 amide bonds. The van der Waals surface area contributed by atoms with Crippen molar-refractivity contribution in [2.75, 3.05) is 26.7 Å². The highest BCUT2D eigenvalue weighted by atomic mass is 16.5. The lowest BCUT2D eigenvalue weighted by atomic mass is 10.1. The van der Waals surface area contributed by atoms with Gasteiger partial charge in [0.15, 0.2) is 5.82 Å². The molecule has 1 aromatic carbocycles. The average Bonchev–Trinajstić information content (AvgIpc) is 3.10. The topological polar surface area (TPSA) is 84.6 Å². The molecule has 1 aliphatic rings. The number of ether oxygens (including phenoxy) is 1. The second-order valence-corrected chi connectivity index (χ2v) is 7.32. The molecule has 4 rings (SSSR count). The maximum Gasteiger partial charge on any atom is 0.254 e. The van der Waals surface area contributed by atoms with Crippen molar-refractivity contribution in [3.63, 3.8) is 0 Å². The second-order valence-electron chi connectivity index (χ2n) is 7.32. The maximum atomic E-state index is 13.3. The van der Waals surface area contributed by atoms with E-state index >= 15 is 0 Å². The molecular formula is C22H25N5O3. The first-order valence-corrected chi connectivity index (χ1v) is 10.0. The van der Waals surface area contributed by atoms with Gasteiger partial charge in [0.05, 0.1) is 12.8 Å². The molecule has 3 aromatic rings. The summed E-state index contributed by atoms with van der Waals surface area (Å²) in [6, 6.07) is 14.7. The summed E-state index contributed by atoms with van der Waals surface area (Å²) in [6.07, 6.45) is 0.839. The highest BCUT2D eigenvalue weighted by molar-refractivity contribution is 5.94. The number of pyridine rings is 1. The van der Waals surface area contributed by atoms with Gasteiger partial charge in [0.2, 0.25) is 5.88 Å². The van der Waals surface area contributed by atoms with Crippen LogP contribution < -0.4 is 4.74 Å². The van der Waals surface area contributed by atoms with Crippen LogP contribution in [0.4, 0.5) is 0 Å². The highest BCUT2D eigenvalue weighted by Crippen LogP contribution is 2.27. The fourth-order valence-electron chi connectivity index (χ4n) is 3.74. The van der Waals surface area contributed by atoms with Crippen molar-refractivity contribution in [2.24, 2.45) is 0 Å². The molecule has 0 aliphatic carbocycles. The largest absolute Gasteiger partial charge is 0.481 e. The van der Waals surface area contributed by atoms with Crippen LogP contribution in [-0.4, -0.2) is 57.6 Å². The minimum Gasteiger partial charge on any atom is -0.481 e. The van der Waals surface area contributed by atoms with Crippen molar-refractivity contribution in [3.8, 4) is 5.88 Å². The molecule has 1 aliphatic heterocycles. The summed E-state index contributed by atoms with van der Waals surface area (Å²) in [4.78, 5) is 26.4. The van der Waals surface area contributed by atoms with Crippen LogP contribution in [-0.2, 0) is 6.54 Å². The first-order valence-electron chi connectivity index (χ1n) is 10.0. The van der Waals surface area contributed by atoms with Gasteiger partial charge in [-0.05, 0) is 31.5 Å². The SMILES string of the molecule is COc1cccc(CN2CCCN(C(=O)c3ccccc3)C(c3nc(C)no3)C2)n1. The molecule has 0 N–H and O–H groups in total. The van der Waals surface area contributed by atoms with Crippen molar-refractivity contribution < 1.29 is 14.1 Å². The third-order valence-electron chi connectivity index (χ3n) is 5.17. The molecule has 0 saturated carbocycles. The van der Waals surface area contributed by atoms with Gasteiger partial charge in [-0.1, -0.05) is 29.4 Å². The number of carbonyl (C=O) groups is 1. The van der Waals surface area contributed by atoms with Crippen molar-refractivity contribution in [3.05, 3.63) is 71.5 Å². The monoisotopic (exact) mass is 407 g/mol. The number of benzene rings is 1. The summed E-state index contributed by atoms with van der Waals surface area (Å²) in [5, 5.41) is 3.95. The molecule has 1 saturated heterocycles. The zero-order valence-electron chi connectivity index (χ0n) is 17.2. The Labute approximate surface area is 175 Å². The molecule has 1 unspecified atom stereocenters. The molecule has 0 bridgehead atoms. The van der Waals surface area contributed by atoms with Crippen LogP contribution in [0.15, 0.2) is 53.1 Å². The number of rotatable bonds is 5. The summed E-state index contributed by atoms with van der Waals surface area (Å²) in [6.45, 7) is 4.46. The molecule has 30 heavy (non-hydrogen) atoms. The number of amides is 1. The molecular weight excluding hydrogens is 382 g/mol. The van der Waals surface area contributed by atoms with Crippen molar-refractivity contribution in [2.45, 2.75) is 25.9 Å². The van der Waals surface area contributed by atoms with E-state index in [2.05, 4.69) is 20.0 Å². The van der Waals surface area contributed by atoms with Gasteiger partial charge in [-0.15, -0.1) is 0 Å². The van der Waals surface area contributed by atoms with Gasteiger partial charge in [-0.3, -0.25) is 9.69 Å². The summed E-state index contributed by atoms with van der Waals surface area (Å²) in [5.74, 6) is 1.58. The lowest BCUT2D eigenvalue weighted by molar-refractivity contribution is 0.0631. The molecule has 1 atom stereocenters. The van der Waals surface area contributed by atoms with Gasteiger partial charge in [0.25, 0.3) is 11.8 Å². The second kappa shape index (κ2) is 9.04. The third kappa shape index (κ3) is 4.49. The summed E-state index contributed by atoms with van der Waals surface area (Å²) in [5.41, 5.74) is 1.57. The van der Waals surface area contributed by atoms with E-state index in [9.17, 15) is 4.79 Å². The van der Waals surface area contributed by atoms with Crippen molar-refractivity contribution in [1.82, 2.24) is 24.9 Å². The standard InChI is InChI=1S/C22H25N5O3/c1-16-23-21(30-25-16)19-15-26(14-18-10-6-11-20(24-18)29-2)12-7-13-27(19)22(28)17-8-4-3-5-9-17/h3-6,8-11,19H,7,12-15H2,1-2H3. The minimum absolute atomic E-state index is 0.0298. The summed E-state index contributed by atoms with van der Waals surface area (Å²) >= 11 is 0. The fraction of sp³-hybridized carbons (Fsp3) is 0.364. The number of aryl methyl sites for hydroxylation is 1. The van der Waals surface area contributed by atoms with Gasteiger partial charge in [-0.2, -0.15) is 4.98 Å². The van der Waals surface area contributed by atoms with Gasteiger partial charge < -0.3 is 14.2 Å². The number of aromatic nitrogens is 3. The van der Waals surface area contributed by atoms with E-state index in [1.807, 2.05) is 53.4 Å². The van der Waals surface area contributed by atoms with Crippen LogP contribution >= 0.6 is 0 Å². The molecule has 3 heterocycles. The molecule has 8 nitrogen and oxygen atoms in total. The Kier molecular flexibility index (Phi) is 6.04. The fourth-order valence-corrected chi connectivity index (χ4v) is 3.74. The van der Waals surface area contributed by atoms with E-state index in [4.69, 9.17) is 9.26 Å². The highest BCUT2D eigenvalue weighted by Gasteiger charge is 2.34. The van der Waals surface area contributed by atoms with Gasteiger partial charge in [0, 0.05) is 37.8 Å². The van der Waals surface area contributed by atoms with E-state index in [0.29, 0.717) is 42.8 Å². The van der Waals surface area contributed by atoms with Crippen molar-refractivity contribution >= 4 is 5.91 Å². The van der Waals surface area contributed by atoms with Crippen LogP contribution in [0.3, 0.4) is 0 Å². The van der Waals surface area contributed by atoms with Crippen LogP contribution in [0, 0.1) is 6.92 Å². The Morgan fingerprint density at radius 1 is 1.13 bits per heavy atom. The van der Waals surface area contributed by atoms with Gasteiger partial charge in [0.1, 0.15) is 6.04 Å². The van der Waals surface area contributed by atoms with Crippen LogP contribution in [0.25, 0.3) is 0 Å². The predicted molar refractivity (Wildman–Crippen MR) is 110 cm³/mol. The molecule has 1 fully saturated rings.